The summed E-state index contributed by atoms with van der Waals surface area (Å²) in [6.07, 6.45) is 0. The summed E-state index contributed by atoms with van der Waals surface area (Å²) in [4.78, 5) is 7.68. The lowest BCUT2D eigenvalue weighted by molar-refractivity contribution is 0.301. The lowest BCUT2D eigenvalue weighted by Gasteiger charge is -2.11. The molecule has 0 saturated carbocycles. The number of ether oxygens (including phenoxy) is 1. The van der Waals surface area contributed by atoms with E-state index < -0.39 is 0 Å². The molecule has 0 spiro atoms. The molecule has 0 atom stereocenters. The van der Waals surface area contributed by atoms with E-state index >= 15 is 0 Å². The molecule has 0 aliphatic heterocycles. The zero-order valence-corrected chi connectivity index (χ0v) is 14.6. The van der Waals surface area contributed by atoms with Crippen molar-refractivity contribution in [3.63, 3.8) is 0 Å². The first kappa shape index (κ1) is 15.6. The van der Waals surface area contributed by atoms with Gasteiger partial charge in [-0.25, -0.2) is 4.98 Å². The van der Waals surface area contributed by atoms with E-state index in [9.17, 15) is 0 Å². The number of imidazole rings is 1. The summed E-state index contributed by atoms with van der Waals surface area (Å²) in [6, 6.07) is 14.9. The van der Waals surface area contributed by atoms with Crippen molar-refractivity contribution in [3.8, 4) is 5.75 Å². The minimum Gasteiger partial charge on any atom is -0.483 e. The fraction of sp³-hybridized carbons (Fsp3) is 0.0556. The summed E-state index contributed by atoms with van der Waals surface area (Å²) in [5.41, 5.74) is 1.71. The first-order valence-corrected chi connectivity index (χ1v) is 8.39. The molecule has 0 unspecified atom stereocenters. The lowest BCUT2D eigenvalue weighted by atomic mass is 10.1. The maximum atomic E-state index is 6.32. The minimum atomic E-state index is 0.262. The third-order valence-corrected chi connectivity index (χ3v) is 4.57. The van der Waals surface area contributed by atoms with Gasteiger partial charge in [-0.05, 0) is 24.3 Å². The highest BCUT2D eigenvalue weighted by atomic mass is 35.5. The summed E-state index contributed by atoms with van der Waals surface area (Å²) in [5, 5.41) is 3.49. The number of halogens is 3. The summed E-state index contributed by atoms with van der Waals surface area (Å²) >= 11 is 18.6. The molecule has 4 rings (SSSR count). The van der Waals surface area contributed by atoms with Crippen molar-refractivity contribution < 1.29 is 4.74 Å². The van der Waals surface area contributed by atoms with Crippen LogP contribution in [0.5, 0.6) is 5.75 Å². The van der Waals surface area contributed by atoms with E-state index in [0.29, 0.717) is 26.6 Å². The Morgan fingerprint density at radius 1 is 0.917 bits per heavy atom. The summed E-state index contributed by atoms with van der Waals surface area (Å²) in [7, 11) is 0. The van der Waals surface area contributed by atoms with Gasteiger partial charge in [0.1, 0.15) is 18.2 Å². The van der Waals surface area contributed by atoms with Gasteiger partial charge in [0, 0.05) is 15.8 Å². The van der Waals surface area contributed by atoms with Crippen molar-refractivity contribution in [3.05, 3.63) is 69.4 Å². The number of benzene rings is 3. The van der Waals surface area contributed by atoms with Crippen LogP contribution in [0.15, 0.2) is 48.5 Å². The van der Waals surface area contributed by atoms with Crippen molar-refractivity contribution in [2.75, 3.05) is 0 Å². The smallest absolute Gasteiger partial charge is 0.146 e. The van der Waals surface area contributed by atoms with Crippen molar-refractivity contribution in [1.29, 1.82) is 0 Å². The van der Waals surface area contributed by atoms with Crippen molar-refractivity contribution in [1.82, 2.24) is 9.97 Å². The average molecular weight is 378 g/mol. The molecule has 6 heteroatoms. The second-order valence-electron chi connectivity index (χ2n) is 5.35. The Labute approximate surface area is 153 Å². The molecule has 1 aromatic heterocycles. The number of rotatable bonds is 3. The molecule has 0 aliphatic carbocycles. The van der Waals surface area contributed by atoms with E-state index in [1.807, 2.05) is 36.4 Å². The molecule has 0 fully saturated rings. The second-order valence-corrected chi connectivity index (χ2v) is 6.60. The molecule has 0 radical (unpaired) electrons. The van der Waals surface area contributed by atoms with Gasteiger partial charge < -0.3 is 9.72 Å². The Balaban J connectivity index is 1.69. The fourth-order valence-corrected chi connectivity index (χ4v) is 3.43. The highest BCUT2D eigenvalue weighted by Crippen LogP contribution is 2.38. The van der Waals surface area contributed by atoms with Crippen molar-refractivity contribution in [2.24, 2.45) is 0 Å². The Kier molecular flexibility index (Phi) is 4.01. The first-order chi connectivity index (χ1) is 11.6. The Hall–Kier alpha value is -1.94. The molecule has 1 heterocycles. The fourth-order valence-electron chi connectivity index (χ4n) is 2.66. The largest absolute Gasteiger partial charge is 0.483 e. The lowest BCUT2D eigenvalue weighted by Crippen LogP contribution is -1.99. The number of fused-ring (bicyclic) bond motifs is 2. The summed E-state index contributed by atoms with van der Waals surface area (Å²) in [5.74, 6) is 1.29. The number of nitrogens with one attached hydrogen (secondary N) is 1. The molecular formula is C18H11Cl3N2O. The Bertz CT molecular complexity index is 1060. The van der Waals surface area contributed by atoms with Gasteiger partial charge in [-0.3, -0.25) is 0 Å². The van der Waals surface area contributed by atoms with Crippen LogP contribution in [0.4, 0.5) is 0 Å². The molecule has 0 saturated heterocycles. The number of hydrogen-bond acceptors (Lipinski definition) is 2. The van der Waals surface area contributed by atoms with Crippen molar-refractivity contribution >= 4 is 56.6 Å². The van der Waals surface area contributed by atoms with Crippen LogP contribution in [0.2, 0.25) is 15.1 Å². The average Bonchev–Trinajstić information content (AvgIpc) is 2.96. The SMILES string of the molecule is Clc1ccc2nc(COc3c(Cl)cc(Cl)c4ccccc34)[nH]c2c1. The quantitative estimate of drug-likeness (QED) is 0.458. The van der Waals surface area contributed by atoms with Gasteiger partial charge in [0.25, 0.3) is 0 Å². The number of aromatic amines is 1. The predicted molar refractivity (Wildman–Crippen MR) is 99.4 cm³/mol. The summed E-state index contributed by atoms with van der Waals surface area (Å²) in [6.45, 7) is 0.262. The molecule has 120 valence electrons. The van der Waals surface area contributed by atoms with Gasteiger partial charge in [0.15, 0.2) is 0 Å². The third-order valence-electron chi connectivity index (χ3n) is 3.75. The Morgan fingerprint density at radius 3 is 2.54 bits per heavy atom. The number of aromatic nitrogens is 2. The van der Waals surface area contributed by atoms with Crippen LogP contribution in [-0.4, -0.2) is 9.97 Å². The van der Waals surface area contributed by atoms with Gasteiger partial charge in [-0.15, -0.1) is 0 Å². The van der Waals surface area contributed by atoms with E-state index in [-0.39, 0.29) is 6.61 Å². The van der Waals surface area contributed by atoms with Gasteiger partial charge in [-0.2, -0.15) is 0 Å². The molecule has 4 aromatic rings. The van der Waals surface area contributed by atoms with E-state index in [2.05, 4.69) is 9.97 Å². The molecule has 24 heavy (non-hydrogen) atoms. The first-order valence-electron chi connectivity index (χ1n) is 7.25. The molecule has 3 nitrogen and oxygen atoms in total. The number of hydrogen-bond donors (Lipinski definition) is 1. The van der Waals surface area contributed by atoms with E-state index in [1.54, 1.807) is 12.1 Å². The van der Waals surface area contributed by atoms with Crippen LogP contribution in [0, 0.1) is 0 Å². The molecule has 0 aliphatic rings. The maximum Gasteiger partial charge on any atom is 0.146 e. The Morgan fingerprint density at radius 2 is 1.71 bits per heavy atom. The monoisotopic (exact) mass is 376 g/mol. The molecule has 0 bridgehead atoms. The summed E-state index contributed by atoms with van der Waals surface area (Å²) < 4.78 is 5.93. The number of nitrogens with zero attached hydrogens (tertiary/aromatic N) is 1. The van der Waals surface area contributed by atoms with Gasteiger partial charge in [-0.1, -0.05) is 59.1 Å². The topological polar surface area (TPSA) is 37.9 Å². The molecule has 3 aromatic carbocycles. The van der Waals surface area contributed by atoms with Crippen LogP contribution >= 0.6 is 34.8 Å². The standard InChI is InChI=1S/C18H11Cl3N2O/c19-10-5-6-15-16(7-10)23-17(22-15)9-24-18-12-4-2-1-3-11(12)13(20)8-14(18)21/h1-8H,9H2,(H,22,23). The van der Waals surface area contributed by atoms with Gasteiger partial charge in [0.2, 0.25) is 0 Å². The molecule has 0 amide bonds. The van der Waals surface area contributed by atoms with Gasteiger partial charge in [0.05, 0.1) is 21.1 Å². The highest BCUT2D eigenvalue weighted by Gasteiger charge is 2.12. The maximum absolute atomic E-state index is 6.32. The molecular weight excluding hydrogens is 367 g/mol. The van der Waals surface area contributed by atoms with E-state index in [4.69, 9.17) is 39.5 Å². The second kappa shape index (κ2) is 6.17. The van der Waals surface area contributed by atoms with E-state index in [1.165, 1.54) is 0 Å². The normalized spacial score (nSPS) is 11.3. The van der Waals surface area contributed by atoms with Crippen LogP contribution in [-0.2, 0) is 6.61 Å². The predicted octanol–water partition coefficient (Wildman–Crippen LogP) is 6.26. The molecule has 1 N–H and O–H groups in total. The van der Waals surface area contributed by atoms with E-state index in [0.717, 1.165) is 21.8 Å². The van der Waals surface area contributed by atoms with Crippen LogP contribution < -0.4 is 4.74 Å². The minimum absolute atomic E-state index is 0.262. The number of H-pyrrole nitrogens is 1. The van der Waals surface area contributed by atoms with Crippen LogP contribution in [0.3, 0.4) is 0 Å². The van der Waals surface area contributed by atoms with Crippen molar-refractivity contribution in [2.45, 2.75) is 6.61 Å². The van der Waals surface area contributed by atoms with Crippen LogP contribution in [0.25, 0.3) is 21.8 Å². The zero-order chi connectivity index (χ0) is 16.7. The van der Waals surface area contributed by atoms with Gasteiger partial charge >= 0.3 is 0 Å². The zero-order valence-electron chi connectivity index (χ0n) is 12.3. The highest BCUT2D eigenvalue weighted by molar-refractivity contribution is 6.39. The third kappa shape index (κ3) is 2.80. The van der Waals surface area contributed by atoms with Crippen LogP contribution in [0.1, 0.15) is 5.82 Å².